The van der Waals surface area contributed by atoms with Crippen molar-refractivity contribution in [1.29, 1.82) is 0 Å². The third kappa shape index (κ3) is 2.10. The van der Waals surface area contributed by atoms with Crippen molar-refractivity contribution in [2.45, 2.75) is 34.7 Å². The van der Waals surface area contributed by atoms with Crippen LogP contribution in [0, 0.1) is 17.0 Å². The number of hydrogen-bond donors (Lipinski definition) is 0. The summed E-state index contributed by atoms with van der Waals surface area (Å²) >= 11 is 10.2. The molecule has 0 unspecified atom stereocenters. The second-order valence-corrected chi connectivity index (χ2v) is 6.81. The van der Waals surface area contributed by atoms with E-state index in [1.165, 1.54) is 0 Å². The van der Waals surface area contributed by atoms with Crippen LogP contribution in [-0.4, -0.2) is 4.73 Å². The van der Waals surface area contributed by atoms with Crippen LogP contribution in [0.5, 0.6) is 0 Å². The van der Waals surface area contributed by atoms with Gasteiger partial charge >= 0.3 is 0 Å². The lowest BCUT2D eigenvalue weighted by molar-refractivity contribution is -0.516. The third-order valence-corrected chi connectivity index (χ3v) is 5.38. The highest BCUT2D eigenvalue weighted by Gasteiger charge is 2.36. The van der Waals surface area contributed by atoms with Crippen LogP contribution in [0.3, 0.4) is 0 Å². The Bertz CT molecular complexity index is 515. The SMILES string of the molecule is Cc1c(CBr)[n+](=O)c2c(n1[O-])[C@@H](Br)CC[C@@H]2Br. The zero-order valence-corrected chi connectivity index (χ0v) is 13.9. The molecule has 94 valence electrons. The van der Waals surface area contributed by atoms with Gasteiger partial charge in [-0.2, -0.15) is 0 Å². The molecule has 0 aromatic carbocycles. The average molecular weight is 431 g/mol. The summed E-state index contributed by atoms with van der Waals surface area (Å²) in [5, 5.41) is 12.6. The lowest BCUT2D eigenvalue weighted by atomic mass is 9.99. The van der Waals surface area contributed by atoms with Gasteiger partial charge in [0.05, 0.1) is 20.3 Å². The number of fused-ring (bicyclic) bond motifs is 1. The molecule has 0 amide bonds. The molecule has 1 aliphatic carbocycles. The Balaban J connectivity index is 2.83. The van der Waals surface area contributed by atoms with E-state index in [9.17, 15) is 10.1 Å². The zero-order chi connectivity index (χ0) is 12.7. The molecule has 0 spiro atoms. The molecule has 1 aromatic heterocycles. The molecule has 0 saturated carbocycles. The molecule has 2 atom stereocenters. The molecule has 0 saturated heterocycles. The highest BCUT2D eigenvalue weighted by atomic mass is 79.9. The minimum Gasteiger partial charge on any atom is -0.805 e. The predicted molar refractivity (Wildman–Crippen MR) is 76.5 cm³/mol. The van der Waals surface area contributed by atoms with Crippen LogP contribution < -0.4 is 4.43 Å². The summed E-state index contributed by atoms with van der Waals surface area (Å²) < 4.78 is 1.77. The van der Waals surface area contributed by atoms with Crippen molar-refractivity contribution in [3.05, 3.63) is 32.9 Å². The summed E-state index contributed by atoms with van der Waals surface area (Å²) in [6, 6.07) is 0. The number of hydrogen-bond acceptors (Lipinski definition) is 2. The van der Waals surface area contributed by atoms with Gasteiger partial charge in [0.2, 0.25) is 0 Å². The van der Waals surface area contributed by atoms with Gasteiger partial charge in [-0.1, -0.05) is 47.8 Å². The Morgan fingerprint density at radius 3 is 2.59 bits per heavy atom. The van der Waals surface area contributed by atoms with Crippen LogP contribution in [0.1, 0.15) is 45.3 Å². The third-order valence-electron chi connectivity index (χ3n) is 3.06. The molecule has 1 aromatic rings. The summed E-state index contributed by atoms with van der Waals surface area (Å²) in [5.74, 6) is 0. The molecule has 0 N–H and O–H groups in total. The van der Waals surface area contributed by atoms with Crippen molar-refractivity contribution >= 4 is 47.8 Å². The van der Waals surface area contributed by atoms with Crippen LogP contribution in [-0.2, 0) is 5.33 Å². The molecular formula is C10H11Br3N2O2. The Morgan fingerprint density at radius 1 is 1.41 bits per heavy atom. The van der Waals surface area contributed by atoms with Gasteiger partial charge in [0.25, 0.3) is 11.4 Å². The van der Waals surface area contributed by atoms with Gasteiger partial charge in [-0.25, -0.2) is 0 Å². The first kappa shape index (κ1) is 13.5. The van der Waals surface area contributed by atoms with Crippen molar-refractivity contribution in [1.82, 2.24) is 4.73 Å². The van der Waals surface area contributed by atoms with Crippen LogP contribution in [0.2, 0.25) is 0 Å². The average Bonchev–Trinajstić information content (AvgIpc) is 2.30. The summed E-state index contributed by atoms with van der Waals surface area (Å²) in [6.45, 7) is 1.68. The molecule has 1 heterocycles. The van der Waals surface area contributed by atoms with Gasteiger partial charge in [-0.05, 0) is 19.8 Å². The van der Waals surface area contributed by atoms with E-state index in [-0.39, 0.29) is 9.65 Å². The second-order valence-electron chi connectivity index (χ2n) is 4.04. The highest BCUT2D eigenvalue weighted by Crippen LogP contribution is 2.43. The molecule has 7 heteroatoms. The Kier molecular flexibility index (Phi) is 3.99. The van der Waals surface area contributed by atoms with E-state index in [1.807, 2.05) is 0 Å². The zero-order valence-electron chi connectivity index (χ0n) is 9.12. The summed E-state index contributed by atoms with van der Waals surface area (Å²) in [4.78, 5) is 12.2. The number of aromatic nitrogens is 2. The highest BCUT2D eigenvalue weighted by molar-refractivity contribution is 9.09. The molecule has 4 nitrogen and oxygen atoms in total. The van der Waals surface area contributed by atoms with Crippen LogP contribution >= 0.6 is 47.8 Å². The largest absolute Gasteiger partial charge is 0.805 e. The first-order chi connectivity index (χ1) is 7.99. The smallest absolute Gasteiger partial charge is 0.273 e. The van der Waals surface area contributed by atoms with E-state index < -0.39 is 0 Å². The van der Waals surface area contributed by atoms with Crippen molar-refractivity contribution < 1.29 is 4.43 Å². The van der Waals surface area contributed by atoms with Crippen LogP contribution in [0.15, 0.2) is 0 Å². The maximum Gasteiger partial charge on any atom is 0.273 e. The van der Waals surface area contributed by atoms with Crippen molar-refractivity contribution in [2.75, 3.05) is 0 Å². The minimum absolute atomic E-state index is 0.0490. The molecular weight excluding hydrogens is 420 g/mol. The van der Waals surface area contributed by atoms with Gasteiger partial charge < -0.3 is 9.94 Å². The van der Waals surface area contributed by atoms with Gasteiger partial charge in [0.15, 0.2) is 0 Å². The number of halogens is 3. The van der Waals surface area contributed by atoms with E-state index in [2.05, 4.69) is 47.8 Å². The van der Waals surface area contributed by atoms with Crippen LogP contribution in [0.4, 0.5) is 0 Å². The summed E-state index contributed by atoms with van der Waals surface area (Å²) in [7, 11) is 0. The first-order valence-corrected chi connectivity index (χ1v) is 8.16. The molecule has 0 fully saturated rings. The predicted octanol–water partition coefficient (Wildman–Crippen LogP) is 3.62. The maximum absolute atomic E-state index is 12.3. The number of alkyl halides is 3. The normalized spacial score (nSPS) is 23.5. The Labute approximate surface area is 124 Å². The van der Waals surface area contributed by atoms with E-state index >= 15 is 0 Å². The molecule has 2 rings (SSSR count). The molecule has 17 heavy (non-hydrogen) atoms. The second kappa shape index (κ2) is 5.01. The first-order valence-electron chi connectivity index (χ1n) is 5.21. The van der Waals surface area contributed by atoms with Gasteiger partial charge in [-0.3, -0.25) is 0 Å². The molecule has 0 radical (unpaired) electrons. The van der Waals surface area contributed by atoms with Gasteiger partial charge in [0, 0.05) is 4.91 Å². The quantitative estimate of drug-likeness (QED) is 0.504. The Hall–Kier alpha value is 0.120. The van der Waals surface area contributed by atoms with Crippen LogP contribution in [0.25, 0.3) is 0 Å². The summed E-state index contributed by atoms with van der Waals surface area (Å²) in [5.41, 5.74) is 2.01. The Morgan fingerprint density at radius 2 is 2.00 bits per heavy atom. The fourth-order valence-corrected chi connectivity index (χ4v) is 4.09. The molecule has 0 bridgehead atoms. The fraction of sp³-hybridized carbons (Fsp3) is 0.600. The lowest BCUT2D eigenvalue weighted by Crippen LogP contribution is -2.35. The van der Waals surface area contributed by atoms with E-state index in [0.717, 1.165) is 22.0 Å². The van der Waals surface area contributed by atoms with E-state index in [1.54, 1.807) is 6.92 Å². The lowest BCUT2D eigenvalue weighted by Gasteiger charge is -2.28. The summed E-state index contributed by atoms with van der Waals surface area (Å²) in [6.07, 6.45) is 1.69. The maximum atomic E-state index is 12.3. The fourth-order valence-electron chi connectivity index (χ4n) is 2.09. The van der Waals surface area contributed by atoms with Gasteiger partial charge in [0.1, 0.15) is 10.5 Å². The minimum atomic E-state index is -0.0533. The van der Waals surface area contributed by atoms with Crippen molar-refractivity contribution in [3.63, 3.8) is 0 Å². The monoisotopic (exact) mass is 428 g/mol. The van der Waals surface area contributed by atoms with Gasteiger partial charge in [-0.15, -0.1) is 0 Å². The number of rotatable bonds is 1. The van der Waals surface area contributed by atoms with Crippen molar-refractivity contribution in [2.24, 2.45) is 0 Å². The topological polar surface area (TPSA) is 51.0 Å². The standard InChI is InChI=1S/C10H11Br3N2O2/c1-5-8(4-11)15(17)10-7(13)3-2-6(12)9(10)14(5)16/h6-7H,2-4H2,1H3/t6-,7-/m0/s1. The van der Waals surface area contributed by atoms with Crippen molar-refractivity contribution in [3.8, 4) is 0 Å². The van der Waals surface area contributed by atoms with E-state index in [4.69, 9.17) is 0 Å². The molecule has 0 aliphatic heterocycles. The number of nitrogens with zero attached hydrogens (tertiary/aromatic N) is 2. The molecule has 1 aliphatic rings. The van der Waals surface area contributed by atoms with E-state index in [0.29, 0.717) is 28.1 Å².